The first-order chi connectivity index (χ1) is 13.7. The highest BCUT2D eigenvalue weighted by atomic mass is 16.5. The maximum Gasteiger partial charge on any atom is 0.251 e. The molecule has 1 aliphatic heterocycles. The number of anilines is 1. The van der Waals surface area contributed by atoms with Gasteiger partial charge < -0.3 is 19.5 Å². The topological polar surface area (TPSA) is 72.3 Å². The minimum Gasteiger partial charge on any atom is -0.378 e. The van der Waals surface area contributed by atoms with E-state index in [1.807, 2.05) is 66.3 Å². The monoisotopic (exact) mass is 377 g/mol. The minimum absolute atomic E-state index is 0.122. The van der Waals surface area contributed by atoms with Crippen molar-refractivity contribution in [3.8, 4) is 5.69 Å². The van der Waals surface area contributed by atoms with Crippen LogP contribution in [0.1, 0.15) is 21.7 Å². The Bertz CT molecular complexity index is 932. The van der Waals surface area contributed by atoms with Crippen molar-refractivity contribution >= 4 is 11.9 Å². The standard InChI is InChI=1S/C21H23N5O2/c1-16-14-18(24-21(23-16)26-10-12-28-13-11-26)15-22-20(27)17-4-6-19(7-5-17)25-8-2-3-9-25/h2-9,14H,10-13,15H2,1H3,(H,22,27). The smallest absolute Gasteiger partial charge is 0.251 e. The number of hydrogen-bond donors (Lipinski definition) is 1. The van der Waals surface area contributed by atoms with Gasteiger partial charge in [-0.1, -0.05) is 0 Å². The molecule has 144 valence electrons. The van der Waals surface area contributed by atoms with Crippen LogP contribution in [-0.2, 0) is 11.3 Å². The molecule has 7 nitrogen and oxygen atoms in total. The number of nitrogens with zero attached hydrogens (tertiary/aromatic N) is 4. The van der Waals surface area contributed by atoms with Gasteiger partial charge in [-0.25, -0.2) is 9.97 Å². The summed E-state index contributed by atoms with van der Waals surface area (Å²) in [5.74, 6) is 0.576. The highest BCUT2D eigenvalue weighted by molar-refractivity contribution is 5.94. The van der Waals surface area contributed by atoms with Gasteiger partial charge in [0.15, 0.2) is 0 Å². The van der Waals surface area contributed by atoms with E-state index in [0.29, 0.717) is 31.3 Å². The minimum atomic E-state index is -0.122. The van der Waals surface area contributed by atoms with Crippen molar-refractivity contribution in [3.05, 3.63) is 71.8 Å². The number of carbonyl (C=O) groups excluding carboxylic acids is 1. The number of amides is 1. The number of rotatable bonds is 5. The number of hydrogen-bond acceptors (Lipinski definition) is 5. The van der Waals surface area contributed by atoms with Crippen LogP contribution in [0.5, 0.6) is 0 Å². The third kappa shape index (κ3) is 4.20. The van der Waals surface area contributed by atoms with Gasteiger partial charge in [-0.15, -0.1) is 0 Å². The van der Waals surface area contributed by atoms with Crippen molar-refractivity contribution in [1.29, 1.82) is 0 Å². The van der Waals surface area contributed by atoms with Crippen LogP contribution in [0.2, 0.25) is 0 Å². The molecule has 1 fully saturated rings. The summed E-state index contributed by atoms with van der Waals surface area (Å²) < 4.78 is 7.38. The summed E-state index contributed by atoms with van der Waals surface area (Å²) in [7, 11) is 0. The fourth-order valence-electron chi connectivity index (χ4n) is 3.18. The van der Waals surface area contributed by atoms with Gasteiger partial charge in [0.05, 0.1) is 25.5 Å². The van der Waals surface area contributed by atoms with Crippen LogP contribution in [0.15, 0.2) is 54.9 Å². The van der Waals surface area contributed by atoms with E-state index in [1.54, 1.807) is 0 Å². The number of nitrogens with one attached hydrogen (secondary N) is 1. The summed E-state index contributed by atoms with van der Waals surface area (Å²) in [6.45, 7) is 5.23. The molecule has 0 bridgehead atoms. The number of aryl methyl sites for hydroxylation is 1. The van der Waals surface area contributed by atoms with Crippen LogP contribution in [0.3, 0.4) is 0 Å². The van der Waals surface area contributed by atoms with Crippen molar-refractivity contribution in [2.45, 2.75) is 13.5 Å². The Morgan fingerprint density at radius 2 is 1.82 bits per heavy atom. The van der Waals surface area contributed by atoms with Gasteiger partial charge in [0.2, 0.25) is 5.95 Å². The Labute approximate surface area is 164 Å². The highest BCUT2D eigenvalue weighted by Crippen LogP contribution is 2.13. The summed E-state index contributed by atoms with van der Waals surface area (Å²) in [5, 5.41) is 2.95. The van der Waals surface area contributed by atoms with Gasteiger partial charge in [0.1, 0.15) is 0 Å². The lowest BCUT2D eigenvalue weighted by Gasteiger charge is -2.27. The second-order valence-corrected chi connectivity index (χ2v) is 6.72. The van der Waals surface area contributed by atoms with Crippen LogP contribution >= 0.6 is 0 Å². The number of carbonyl (C=O) groups is 1. The molecule has 3 heterocycles. The van der Waals surface area contributed by atoms with E-state index in [0.717, 1.165) is 30.2 Å². The van der Waals surface area contributed by atoms with E-state index in [9.17, 15) is 4.79 Å². The molecule has 1 saturated heterocycles. The molecule has 28 heavy (non-hydrogen) atoms. The quantitative estimate of drug-likeness (QED) is 0.739. The summed E-state index contributed by atoms with van der Waals surface area (Å²) in [6.07, 6.45) is 3.94. The molecule has 1 aromatic carbocycles. The van der Waals surface area contributed by atoms with Gasteiger partial charge in [-0.3, -0.25) is 4.79 Å². The van der Waals surface area contributed by atoms with Gasteiger partial charge in [-0.2, -0.15) is 0 Å². The Hall–Kier alpha value is -3.19. The third-order valence-electron chi connectivity index (χ3n) is 4.65. The normalized spacial score (nSPS) is 14.1. The van der Waals surface area contributed by atoms with E-state index < -0.39 is 0 Å². The molecule has 0 aliphatic carbocycles. The van der Waals surface area contributed by atoms with E-state index in [-0.39, 0.29) is 5.91 Å². The molecule has 2 aromatic heterocycles. The molecule has 0 unspecified atom stereocenters. The SMILES string of the molecule is Cc1cc(CNC(=O)c2ccc(-n3cccc3)cc2)nc(N2CCOCC2)n1. The fraction of sp³-hybridized carbons (Fsp3) is 0.286. The average Bonchev–Trinajstić information content (AvgIpc) is 3.27. The van der Waals surface area contributed by atoms with Crippen molar-refractivity contribution in [2.24, 2.45) is 0 Å². The molecule has 0 saturated carbocycles. The van der Waals surface area contributed by atoms with Crippen molar-refractivity contribution in [2.75, 3.05) is 31.2 Å². The Kier molecular flexibility index (Phi) is 5.34. The van der Waals surface area contributed by atoms with Crippen molar-refractivity contribution < 1.29 is 9.53 Å². The zero-order valence-corrected chi connectivity index (χ0v) is 15.8. The summed E-state index contributed by atoms with van der Waals surface area (Å²) in [6, 6.07) is 13.4. The first-order valence-electron chi connectivity index (χ1n) is 9.38. The Morgan fingerprint density at radius 1 is 1.11 bits per heavy atom. The van der Waals surface area contributed by atoms with Crippen LogP contribution in [-0.4, -0.2) is 46.7 Å². The first kappa shape index (κ1) is 18.2. The molecule has 1 N–H and O–H groups in total. The third-order valence-corrected chi connectivity index (χ3v) is 4.65. The lowest BCUT2D eigenvalue weighted by Crippen LogP contribution is -2.37. The predicted molar refractivity (Wildman–Crippen MR) is 107 cm³/mol. The zero-order chi connectivity index (χ0) is 19.3. The number of ether oxygens (including phenoxy) is 1. The highest BCUT2D eigenvalue weighted by Gasteiger charge is 2.15. The van der Waals surface area contributed by atoms with Crippen LogP contribution in [0.25, 0.3) is 5.69 Å². The summed E-state index contributed by atoms with van der Waals surface area (Å²) >= 11 is 0. The van der Waals surface area contributed by atoms with Gasteiger partial charge >= 0.3 is 0 Å². The van der Waals surface area contributed by atoms with E-state index in [1.165, 1.54) is 0 Å². The maximum atomic E-state index is 12.5. The van der Waals surface area contributed by atoms with Gasteiger partial charge in [0.25, 0.3) is 5.91 Å². The number of aromatic nitrogens is 3. The molecule has 3 aromatic rings. The van der Waals surface area contributed by atoms with Gasteiger partial charge in [-0.05, 0) is 49.4 Å². The second kappa shape index (κ2) is 8.22. The second-order valence-electron chi connectivity index (χ2n) is 6.72. The average molecular weight is 377 g/mol. The van der Waals surface area contributed by atoms with Crippen molar-refractivity contribution in [3.63, 3.8) is 0 Å². The van der Waals surface area contributed by atoms with Crippen molar-refractivity contribution in [1.82, 2.24) is 19.9 Å². The molecule has 7 heteroatoms. The summed E-state index contributed by atoms with van der Waals surface area (Å²) in [4.78, 5) is 23.7. The van der Waals surface area contributed by atoms with E-state index in [2.05, 4.69) is 20.2 Å². The lowest BCUT2D eigenvalue weighted by molar-refractivity contribution is 0.0950. The lowest BCUT2D eigenvalue weighted by atomic mass is 10.2. The fourth-order valence-corrected chi connectivity index (χ4v) is 3.18. The van der Waals surface area contributed by atoms with Crippen LogP contribution in [0.4, 0.5) is 5.95 Å². The molecule has 0 spiro atoms. The molecule has 0 atom stereocenters. The first-order valence-corrected chi connectivity index (χ1v) is 9.38. The van der Waals surface area contributed by atoms with E-state index in [4.69, 9.17) is 4.74 Å². The van der Waals surface area contributed by atoms with Gasteiger partial charge in [0, 0.05) is 42.4 Å². The summed E-state index contributed by atoms with van der Waals surface area (Å²) in [5.41, 5.74) is 3.32. The zero-order valence-electron chi connectivity index (χ0n) is 15.8. The van der Waals surface area contributed by atoms with Crippen LogP contribution in [0, 0.1) is 6.92 Å². The molecule has 4 rings (SSSR count). The predicted octanol–water partition coefficient (Wildman–Crippen LogP) is 2.34. The molecular formula is C21H23N5O2. The molecule has 0 radical (unpaired) electrons. The Balaban J connectivity index is 1.41. The molecule has 1 amide bonds. The number of morpholine rings is 1. The molecular weight excluding hydrogens is 354 g/mol. The Morgan fingerprint density at radius 3 is 2.54 bits per heavy atom. The maximum absolute atomic E-state index is 12.5. The van der Waals surface area contributed by atoms with E-state index >= 15 is 0 Å². The van der Waals surface area contributed by atoms with Crippen LogP contribution < -0.4 is 10.2 Å². The largest absolute Gasteiger partial charge is 0.378 e. The molecule has 1 aliphatic rings. The number of benzene rings is 1.